The van der Waals surface area contributed by atoms with Gasteiger partial charge in [-0.3, -0.25) is 9.67 Å². The number of hydrogen-bond acceptors (Lipinski definition) is 5. The van der Waals surface area contributed by atoms with Crippen molar-refractivity contribution in [1.82, 2.24) is 34.3 Å². The quantitative estimate of drug-likeness (QED) is 0.537. The monoisotopic (exact) mass is 267 g/mol. The molecule has 98 valence electrons. The highest BCUT2D eigenvalue weighted by molar-refractivity contribution is 5.90. The standard InChI is InChI=1S/C12H9N7O/c1-18-6-7(4-14-18)10-16-11-8-2-3-13-5-9(8)15-12(20)19(11)17-10/h2-6H,1H3,(H,15,20). The molecule has 20 heavy (non-hydrogen) atoms. The zero-order chi connectivity index (χ0) is 13.7. The van der Waals surface area contributed by atoms with Crippen molar-refractivity contribution in [3.8, 4) is 11.4 Å². The van der Waals surface area contributed by atoms with Crippen molar-refractivity contribution in [2.75, 3.05) is 0 Å². The van der Waals surface area contributed by atoms with Gasteiger partial charge in [-0.15, -0.1) is 5.10 Å². The van der Waals surface area contributed by atoms with Crippen LogP contribution >= 0.6 is 0 Å². The third-order valence-corrected chi connectivity index (χ3v) is 3.07. The lowest BCUT2D eigenvalue weighted by Gasteiger charge is -1.96. The molecule has 0 aliphatic rings. The number of nitrogens with zero attached hydrogens (tertiary/aromatic N) is 6. The molecule has 1 N–H and O–H groups in total. The van der Waals surface area contributed by atoms with Gasteiger partial charge in [-0.2, -0.15) is 9.61 Å². The van der Waals surface area contributed by atoms with Gasteiger partial charge in [0.15, 0.2) is 11.5 Å². The van der Waals surface area contributed by atoms with Gasteiger partial charge in [0.1, 0.15) is 0 Å². The first-order chi connectivity index (χ1) is 9.72. The van der Waals surface area contributed by atoms with Crippen LogP contribution in [0.4, 0.5) is 0 Å². The molecule has 0 atom stereocenters. The highest BCUT2D eigenvalue weighted by Gasteiger charge is 2.13. The summed E-state index contributed by atoms with van der Waals surface area (Å²) in [5.41, 5.74) is 1.56. The summed E-state index contributed by atoms with van der Waals surface area (Å²) in [6.07, 6.45) is 6.70. The molecular formula is C12H9N7O. The predicted octanol–water partition coefficient (Wildman–Crippen LogP) is 0.366. The number of nitrogens with one attached hydrogen (secondary N) is 1. The molecule has 0 fully saturated rings. The minimum atomic E-state index is -0.344. The van der Waals surface area contributed by atoms with E-state index in [1.807, 2.05) is 7.05 Å². The number of aryl methyl sites for hydroxylation is 1. The molecular weight excluding hydrogens is 258 g/mol. The smallest absolute Gasteiger partial charge is 0.304 e. The topological polar surface area (TPSA) is 93.8 Å². The Labute approximate surface area is 111 Å². The van der Waals surface area contributed by atoms with Crippen molar-refractivity contribution in [3.63, 3.8) is 0 Å². The molecule has 0 aromatic carbocycles. The second-order valence-electron chi connectivity index (χ2n) is 4.42. The van der Waals surface area contributed by atoms with Crippen molar-refractivity contribution in [1.29, 1.82) is 0 Å². The second kappa shape index (κ2) is 3.73. The van der Waals surface area contributed by atoms with Gasteiger partial charge in [0.25, 0.3) is 0 Å². The van der Waals surface area contributed by atoms with Crippen LogP contribution in [0.25, 0.3) is 27.9 Å². The van der Waals surface area contributed by atoms with E-state index in [1.54, 1.807) is 35.5 Å². The van der Waals surface area contributed by atoms with E-state index in [2.05, 4.69) is 25.1 Å². The van der Waals surface area contributed by atoms with Crippen molar-refractivity contribution >= 4 is 16.6 Å². The van der Waals surface area contributed by atoms with E-state index in [9.17, 15) is 4.79 Å². The summed E-state index contributed by atoms with van der Waals surface area (Å²) >= 11 is 0. The molecule has 0 saturated heterocycles. The van der Waals surface area contributed by atoms with Crippen molar-refractivity contribution in [3.05, 3.63) is 41.3 Å². The predicted molar refractivity (Wildman–Crippen MR) is 71.1 cm³/mol. The maximum absolute atomic E-state index is 12.0. The van der Waals surface area contributed by atoms with Crippen molar-refractivity contribution < 1.29 is 0 Å². The highest BCUT2D eigenvalue weighted by atomic mass is 16.1. The van der Waals surface area contributed by atoms with Crippen LogP contribution in [0.15, 0.2) is 35.6 Å². The summed E-state index contributed by atoms with van der Waals surface area (Å²) in [4.78, 5) is 23.1. The summed E-state index contributed by atoms with van der Waals surface area (Å²) in [5.74, 6) is 0.466. The van der Waals surface area contributed by atoms with Crippen molar-refractivity contribution in [2.24, 2.45) is 7.05 Å². The highest BCUT2D eigenvalue weighted by Crippen LogP contribution is 2.18. The summed E-state index contributed by atoms with van der Waals surface area (Å²) in [6, 6.07) is 1.79. The summed E-state index contributed by atoms with van der Waals surface area (Å²) in [6.45, 7) is 0. The van der Waals surface area contributed by atoms with E-state index in [1.165, 1.54) is 4.52 Å². The Morgan fingerprint density at radius 1 is 1.30 bits per heavy atom. The normalized spacial score (nSPS) is 11.4. The Bertz CT molecular complexity index is 994. The lowest BCUT2D eigenvalue weighted by Crippen LogP contribution is -2.17. The van der Waals surface area contributed by atoms with E-state index in [0.717, 1.165) is 10.9 Å². The minimum absolute atomic E-state index is 0.344. The van der Waals surface area contributed by atoms with Crippen molar-refractivity contribution in [2.45, 2.75) is 0 Å². The summed E-state index contributed by atoms with van der Waals surface area (Å²) in [5, 5.41) is 9.11. The van der Waals surface area contributed by atoms with Gasteiger partial charge in [0.05, 0.1) is 23.5 Å². The van der Waals surface area contributed by atoms with Gasteiger partial charge in [-0.1, -0.05) is 0 Å². The van der Waals surface area contributed by atoms with Crippen LogP contribution < -0.4 is 5.69 Å². The Morgan fingerprint density at radius 2 is 2.20 bits per heavy atom. The Balaban J connectivity index is 2.10. The largest absolute Gasteiger partial charge is 0.348 e. The van der Waals surface area contributed by atoms with Gasteiger partial charge in [0.2, 0.25) is 0 Å². The molecule has 4 heterocycles. The van der Waals surface area contributed by atoms with Gasteiger partial charge >= 0.3 is 5.69 Å². The number of H-pyrrole nitrogens is 1. The lowest BCUT2D eigenvalue weighted by molar-refractivity contribution is 0.768. The van der Waals surface area contributed by atoms with Crippen LogP contribution in [0.1, 0.15) is 0 Å². The molecule has 0 bridgehead atoms. The van der Waals surface area contributed by atoms with Crippen LogP contribution in [0.3, 0.4) is 0 Å². The molecule has 0 amide bonds. The average Bonchev–Trinajstić information content (AvgIpc) is 3.05. The lowest BCUT2D eigenvalue weighted by atomic mass is 10.3. The Kier molecular flexibility index (Phi) is 2.02. The first-order valence-electron chi connectivity index (χ1n) is 5.94. The molecule has 0 radical (unpaired) electrons. The number of hydrogen-bond donors (Lipinski definition) is 1. The third-order valence-electron chi connectivity index (χ3n) is 3.07. The fourth-order valence-corrected chi connectivity index (χ4v) is 2.14. The van der Waals surface area contributed by atoms with Crippen LogP contribution in [0.5, 0.6) is 0 Å². The zero-order valence-electron chi connectivity index (χ0n) is 10.5. The van der Waals surface area contributed by atoms with E-state index in [0.29, 0.717) is 17.0 Å². The molecule has 0 aliphatic heterocycles. The van der Waals surface area contributed by atoms with E-state index in [-0.39, 0.29) is 5.69 Å². The molecule has 4 aromatic rings. The number of aromatic amines is 1. The van der Waals surface area contributed by atoms with Crippen LogP contribution in [-0.2, 0) is 7.05 Å². The van der Waals surface area contributed by atoms with Gasteiger partial charge in [-0.05, 0) is 6.07 Å². The number of aromatic nitrogens is 7. The van der Waals surface area contributed by atoms with E-state index >= 15 is 0 Å². The molecule has 0 saturated carbocycles. The summed E-state index contributed by atoms with van der Waals surface area (Å²) in [7, 11) is 1.81. The van der Waals surface area contributed by atoms with Gasteiger partial charge in [0, 0.05) is 24.8 Å². The van der Waals surface area contributed by atoms with Crippen LogP contribution in [0.2, 0.25) is 0 Å². The second-order valence-corrected chi connectivity index (χ2v) is 4.42. The number of rotatable bonds is 1. The molecule has 4 aromatic heterocycles. The van der Waals surface area contributed by atoms with E-state index in [4.69, 9.17) is 0 Å². The maximum atomic E-state index is 12.0. The van der Waals surface area contributed by atoms with E-state index < -0.39 is 0 Å². The third kappa shape index (κ3) is 1.44. The van der Waals surface area contributed by atoms with Gasteiger partial charge in [-0.25, -0.2) is 9.78 Å². The number of pyridine rings is 1. The van der Waals surface area contributed by atoms with Gasteiger partial charge < -0.3 is 4.98 Å². The molecule has 4 rings (SSSR count). The Hall–Kier alpha value is -3.03. The maximum Gasteiger partial charge on any atom is 0.348 e. The summed E-state index contributed by atoms with van der Waals surface area (Å²) < 4.78 is 2.91. The minimum Gasteiger partial charge on any atom is -0.304 e. The molecule has 8 nitrogen and oxygen atoms in total. The molecule has 0 unspecified atom stereocenters. The average molecular weight is 267 g/mol. The van der Waals surface area contributed by atoms with Crippen LogP contribution in [-0.4, -0.2) is 34.3 Å². The first kappa shape index (κ1) is 10.9. The fourth-order valence-electron chi connectivity index (χ4n) is 2.14. The number of fused-ring (bicyclic) bond motifs is 3. The zero-order valence-corrected chi connectivity index (χ0v) is 10.5. The molecule has 0 aliphatic carbocycles. The SMILES string of the molecule is Cn1cc(-c2nc3c4ccncc4[nH]c(=O)n3n2)cn1. The van der Waals surface area contributed by atoms with Crippen LogP contribution in [0, 0.1) is 0 Å². The molecule has 8 heteroatoms. The fraction of sp³-hybridized carbons (Fsp3) is 0.0833. The first-order valence-corrected chi connectivity index (χ1v) is 5.94. The molecule has 0 spiro atoms. The Morgan fingerprint density at radius 3 is 3.00 bits per heavy atom.